The van der Waals surface area contributed by atoms with Crippen molar-refractivity contribution in [2.45, 2.75) is 18.9 Å². The molecule has 178 valence electrons. The van der Waals surface area contributed by atoms with Crippen LogP contribution in [0.3, 0.4) is 0 Å². The number of aromatic nitrogens is 4. The Kier molecular flexibility index (Phi) is 6.60. The first kappa shape index (κ1) is 24.4. The van der Waals surface area contributed by atoms with E-state index in [-0.39, 0.29) is 24.6 Å². The number of hydrogen-bond acceptors (Lipinski definition) is 5. The van der Waals surface area contributed by atoms with Gasteiger partial charge in [0.1, 0.15) is 0 Å². The van der Waals surface area contributed by atoms with Gasteiger partial charge in [0.05, 0.1) is 11.4 Å². The monoisotopic (exact) mass is 506 g/mol. The molecule has 0 unspecified atom stereocenters. The molecule has 0 aliphatic heterocycles. The summed E-state index contributed by atoms with van der Waals surface area (Å²) in [5.41, 5.74) is 4.51. The van der Waals surface area contributed by atoms with Crippen LogP contribution in [-0.4, -0.2) is 33.8 Å². The molecule has 0 N–H and O–H groups in total. The Bertz CT molecular complexity index is 1660. The van der Waals surface area contributed by atoms with Crippen LogP contribution in [0.15, 0.2) is 95.0 Å². The van der Waals surface area contributed by atoms with Gasteiger partial charge >= 0.3 is 5.69 Å². The van der Waals surface area contributed by atoms with E-state index < -0.39 is 9.84 Å². The number of benzene rings is 2. The zero-order valence-electron chi connectivity index (χ0n) is 18.1. The van der Waals surface area contributed by atoms with Crippen LogP contribution in [0.1, 0.15) is 13.0 Å². The summed E-state index contributed by atoms with van der Waals surface area (Å²) in [7, 11) is -3.29. The van der Waals surface area contributed by atoms with E-state index in [1.54, 1.807) is 30.7 Å². The average molecular weight is 507 g/mol. The SMILES string of the molecule is C.CS(=O)(=O)c1ccc(Cn2nc3c(-c4ccncc4)c(-c4ccc(Cl)cc4)ccn3c2=O)cc1. The van der Waals surface area contributed by atoms with Crippen molar-refractivity contribution in [3.8, 4) is 22.3 Å². The zero-order valence-corrected chi connectivity index (χ0v) is 19.7. The molecule has 0 amide bonds. The smallest absolute Gasteiger partial charge is 0.265 e. The molecule has 0 spiro atoms. The Hall–Kier alpha value is -3.75. The molecule has 35 heavy (non-hydrogen) atoms. The molecule has 0 aliphatic rings. The van der Waals surface area contributed by atoms with Gasteiger partial charge in [0, 0.05) is 35.4 Å². The summed E-state index contributed by atoms with van der Waals surface area (Å²) in [6, 6.07) is 19.6. The second-order valence-corrected chi connectivity index (χ2v) is 10.3. The Labute approximate surface area is 208 Å². The Morgan fingerprint density at radius 1 is 0.886 bits per heavy atom. The third kappa shape index (κ3) is 4.76. The van der Waals surface area contributed by atoms with Crippen LogP contribution in [0.2, 0.25) is 5.02 Å². The predicted molar refractivity (Wildman–Crippen MR) is 139 cm³/mol. The van der Waals surface area contributed by atoms with Gasteiger partial charge < -0.3 is 0 Å². The predicted octanol–water partition coefficient (Wildman–Crippen LogP) is 4.97. The van der Waals surface area contributed by atoms with Gasteiger partial charge in [-0.05, 0) is 64.7 Å². The quantitative estimate of drug-likeness (QED) is 0.336. The number of pyridine rings is 2. The highest BCUT2D eigenvalue weighted by atomic mass is 35.5. The molecular weight excluding hydrogens is 484 g/mol. The number of rotatable bonds is 5. The highest BCUT2D eigenvalue weighted by Crippen LogP contribution is 2.34. The minimum absolute atomic E-state index is 0. The second-order valence-electron chi connectivity index (χ2n) is 7.90. The molecule has 0 radical (unpaired) electrons. The number of fused-ring (bicyclic) bond motifs is 1. The lowest BCUT2D eigenvalue weighted by atomic mass is 9.96. The van der Waals surface area contributed by atoms with Crippen LogP contribution < -0.4 is 5.69 Å². The van der Waals surface area contributed by atoms with E-state index in [4.69, 9.17) is 11.6 Å². The molecule has 0 atom stereocenters. The third-order valence-electron chi connectivity index (χ3n) is 5.56. The molecule has 7 nitrogen and oxygen atoms in total. The molecule has 3 heterocycles. The van der Waals surface area contributed by atoms with Crippen LogP contribution in [0.5, 0.6) is 0 Å². The van der Waals surface area contributed by atoms with Crippen LogP contribution in [-0.2, 0) is 16.4 Å². The molecule has 0 bridgehead atoms. The minimum Gasteiger partial charge on any atom is -0.265 e. The number of nitrogens with zero attached hydrogens (tertiary/aromatic N) is 4. The molecule has 0 saturated heterocycles. The van der Waals surface area contributed by atoms with Crippen molar-refractivity contribution in [3.05, 3.63) is 106 Å². The fourth-order valence-electron chi connectivity index (χ4n) is 3.87. The fourth-order valence-corrected chi connectivity index (χ4v) is 4.63. The zero-order chi connectivity index (χ0) is 23.9. The lowest BCUT2D eigenvalue weighted by molar-refractivity contribution is 0.601. The Morgan fingerprint density at radius 3 is 2.17 bits per heavy atom. The largest absolute Gasteiger partial charge is 0.350 e. The standard InChI is InChI=1S/C25H19ClN4O3S.CH4/c1-34(32,33)21-8-2-17(3-9-21)16-30-25(31)29-15-12-22(18-4-6-20(26)7-5-18)23(24(29)28-30)19-10-13-27-14-11-19;/h2-15H,16H2,1H3;1H4. The maximum Gasteiger partial charge on any atom is 0.350 e. The highest BCUT2D eigenvalue weighted by Gasteiger charge is 2.18. The van der Waals surface area contributed by atoms with Crippen molar-refractivity contribution in [1.82, 2.24) is 19.2 Å². The molecule has 2 aromatic carbocycles. The number of hydrogen-bond donors (Lipinski definition) is 0. The average Bonchev–Trinajstić information content (AvgIpc) is 3.14. The van der Waals surface area contributed by atoms with Crippen LogP contribution in [0.25, 0.3) is 27.9 Å². The van der Waals surface area contributed by atoms with Crippen molar-refractivity contribution in [2.75, 3.05) is 6.26 Å². The van der Waals surface area contributed by atoms with Crippen LogP contribution >= 0.6 is 11.6 Å². The van der Waals surface area contributed by atoms with Crippen molar-refractivity contribution < 1.29 is 8.42 Å². The van der Waals surface area contributed by atoms with E-state index in [1.165, 1.54) is 21.2 Å². The van der Waals surface area contributed by atoms with Gasteiger partial charge in [-0.3, -0.25) is 4.98 Å². The van der Waals surface area contributed by atoms with Gasteiger partial charge in [0.15, 0.2) is 15.5 Å². The van der Waals surface area contributed by atoms with E-state index in [2.05, 4.69) is 10.1 Å². The lowest BCUT2D eigenvalue weighted by Crippen LogP contribution is -2.21. The van der Waals surface area contributed by atoms with Crippen molar-refractivity contribution >= 4 is 27.1 Å². The first-order valence-electron chi connectivity index (χ1n) is 10.4. The number of halogens is 1. The normalized spacial score (nSPS) is 11.4. The molecule has 0 fully saturated rings. The molecular formula is C26H23ClN4O3S. The Morgan fingerprint density at radius 2 is 1.54 bits per heavy atom. The van der Waals surface area contributed by atoms with Gasteiger partial charge in [-0.1, -0.05) is 43.3 Å². The van der Waals surface area contributed by atoms with Gasteiger partial charge in [0.25, 0.3) is 0 Å². The van der Waals surface area contributed by atoms with Crippen molar-refractivity contribution in [3.63, 3.8) is 0 Å². The molecule has 3 aromatic heterocycles. The van der Waals surface area contributed by atoms with E-state index in [0.29, 0.717) is 10.7 Å². The second kappa shape index (κ2) is 9.48. The molecule has 0 aliphatic carbocycles. The summed E-state index contributed by atoms with van der Waals surface area (Å²) >= 11 is 6.08. The van der Waals surface area contributed by atoms with Gasteiger partial charge in [-0.15, -0.1) is 5.10 Å². The van der Waals surface area contributed by atoms with Crippen molar-refractivity contribution in [2.24, 2.45) is 0 Å². The van der Waals surface area contributed by atoms with Crippen LogP contribution in [0.4, 0.5) is 0 Å². The van der Waals surface area contributed by atoms with E-state index >= 15 is 0 Å². The van der Waals surface area contributed by atoms with E-state index in [9.17, 15) is 13.2 Å². The van der Waals surface area contributed by atoms with Gasteiger partial charge in [-0.2, -0.15) is 0 Å². The molecule has 9 heteroatoms. The summed E-state index contributed by atoms with van der Waals surface area (Å²) in [6.07, 6.45) is 6.27. The van der Waals surface area contributed by atoms with E-state index in [0.717, 1.165) is 34.1 Å². The number of sulfone groups is 1. The lowest BCUT2D eigenvalue weighted by Gasteiger charge is -2.11. The summed E-state index contributed by atoms with van der Waals surface area (Å²) in [5, 5.41) is 5.30. The molecule has 5 aromatic rings. The first-order valence-corrected chi connectivity index (χ1v) is 12.7. The van der Waals surface area contributed by atoms with Crippen molar-refractivity contribution in [1.29, 1.82) is 0 Å². The first-order chi connectivity index (χ1) is 16.3. The summed E-state index contributed by atoms with van der Waals surface area (Å²) in [4.78, 5) is 17.5. The Balaban J connectivity index is 0.00000289. The summed E-state index contributed by atoms with van der Waals surface area (Å²) in [6.45, 7) is 0.205. The molecule has 0 saturated carbocycles. The maximum absolute atomic E-state index is 13.2. The third-order valence-corrected chi connectivity index (χ3v) is 6.94. The fraction of sp³-hybridized carbons (Fsp3) is 0.115. The van der Waals surface area contributed by atoms with Crippen LogP contribution in [0, 0.1) is 0 Å². The van der Waals surface area contributed by atoms with E-state index in [1.807, 2.05) is 42.5 Å². The summed E-state index contributed by atoms with van der Waals surface area (Å²) < 4.78 is 26.4. The maximum atomic E-state index is 13.2. The van der Waals surface area contributed by atoms with Gasteiger partial charge in [-0.25, -0.2) is 22.3 Å². The molecule has 5 rings (SSSR count). The topological polar surface area (TPSA) is 86.3 Å². The van der Waals surface area contributed by atoms with Gasteiger partial charge in [0.2, 0.25) is 0 Å². The summed E-state index contributed by atoms with van der Waals surface area (Å²) in [5.74, 6) is 0. The minimum atomic E-state index is -3.29. The highest BCUT2D eigenvalue weighted by molar-refractivity contribution is 7.90.